The second-order valence-corrected chi connectivity index (χ2v) is 5.97. The molecule has 3 rings (SSSR count). The van der Waals surface area contributed by atoms with Gasteiger partial charge >= 0.3 is 0 Å². The fraction of sp³-hybridized carbons (Fsp3) is 0.412. The number of aromatic amines is 1. The topological polar surface area (TPSA) is 80.7 Å². The average molecular weight is 315 g/mol. The molecule has 1 aromatic heterocycles. The predicted octanol–water partition coefficient (Wildman–Crippen LogP) is -1.18. The van der Waals surface area contributed by atoms with Gasteiger partial charge in [0.15, 0.2) is 0 Å². The molecule has 0 atom stereocenters. The summed E-state index contributed by atoms with van der Waals surface area (Å²) in [4.78, 5) is 30.1. The number of nitrogens with zero attached hydrogens (tertiary/aromatic N) is 1. The van der Waals surface area contributed by atoms with Crippen LogP contribution in [0.1, 0.15) is 23.0 Å². The molecular formula is C17H21N3O3. The number of H-pyrrole nitrogens is 1. The van der Waals surface area contributed by atoms with E-state index in [2.05, 4.69) is 11.9 Å². The number of carbonyl (C=O) groups excluding carboxylic acids is 2. The summed E-state index contributed by atoms with van der Waals surface area (Å²) in [5, 5.41) is 12.1. The van der Waals surface area contributed by atoms with E-state index < -0.39 is 5.97 Å². The second-order valence-electron chi connectivity index (χ2n) is 5.97. The summed E-state index contributed by atoms with van der Waals surface area (Å²) in [6.07, 6.45) is 0.0920. The Morgan fingerprint density at radius 1 is 1.26 bits per heavy atom. The monoisotopic (exact) mass is 315 g/mol. The molecule has 0 bridgehead atoms. The van der Waals surface area contributed by atoms with Gasteiger partial charge in [-0.15, -0.1) is 0 Å². The molecule has 0 radical (unpaired) electrons. The van der Waals surface area contributed by atoms with Crippen molar-refractivity contribution in [2.45, 2.75) is 13.3 Å². The van der Waals surface area contributed by atoms with Crippen molar-refractivity contribution in [3.05, 3.63) is 35.5 Å². The lowest BCUT2D eigenvalue weighted by Gasteiger charge is -2.31. The Morgan fingerprint density at radius 2 is 1.96 bits per heavy atom. The van der Waals surface area contributed by atoms with Gasteiger partial charge in [-0.25, -0.2) is 0 Å². The number of para-hydroxylation sites is 1. The summed E-state index contributed by atoms with van der Waals surface area (Å²) < 4.78 is 0. The van der Waals surface area contributed by atoms with E-state index in [1.54, 1.807) is 6.07 Å². The molecule has 2 N–H and O–H groups in total. The van der Waals surface area contributed by atoms with E-state index in [4.69, 9.17) is 0 Å². The number of likely N-dealkylation sites (N-methyl/N-ethyl adjacent to an activating group) is 1. The number of amides is 1. The zero-order valence-electron chi connectivity index (χ0n) is 13.2. The van der Waals surface area contributed by atoms with Crippen LogP contribution in [0.15, 0.2) is 24.3 Å². The molecule has 1 fully saturated rings. The van der Waals surface area contributed by atoms with Crippen LogP contribution in [0, 0.1) is 0 Å². The van der Waals surface area contributed by atoms with Crippen molar-refractivity contribution >= 4 is 22.8 Å². The van der Waals surface area contributed by atoms with Gasteiger partial charge < -0.3 is 24.7 Å². The van der Waals surface area contributed by atoms with Crippen molar-refractivity contribution in [3.63, 3.8) is 0 Å². The number of piperazine rings is 1. The lowest BCUT2D eigenvalue weighted by atomic mass is 10.1. The van der Waals surface area contributed by atoms with Crippen molar-refractivity contribution in [2.24, 2.45) is 0 Å². The molecule has 23 heavy (non-hydrogen) atoms. The van der Waals surface area contributed by atoms with Crippen LogP contribution in [-0.2, 0) is 11.2 Å². The van der Waals surface area contributed by atoms with Gasteiger partial charge in [0.2, 0.25) is 5.91 Å². The van der Waals surface area contributed by atoms with Crippen LogP contribution in [0.3, 0.4) is 0 Å². The fourth-order valence-electron chi connectivity index (χ4n) is 3.25. The van der Waals surface area contributed by atoms with Crippen LogP contribution in [0.4, 0.5) is 0 Å². The Balaban J connectivity index is 1.82. The van der Waals surface area contributed by atoms with Crippen LogP contribution in [0.2, 0.25) is 0 Å². The molecule has 0 spiro atoms. The molecule has 0 unspecified atom stereocenters. The van der Waals surface area contributed by atoms with Crippen molar-refractivity contribution in [1.82, 2.24) is 9.88 Å². The minimum atomic E-state index is -1.27. The van der Waals surface area contributed by atoms with Gasteiger partial charge in [0.05, 0.1) is 50.8 Å². The molecule has 1 aromatic carbocycles. The molecule has 1 aliphatic rings. The first-order chi connectivity index (χ1) is 11.1. The summed E-state index contributed by atoms with van der Waals surface area (Å²) in [6.45, 7) is 6.56. The zero-order chi connectivity index (χ0) is 16.4. The van der Waals surface area contributed by atoms with E-state index in [1.807, 2.05) is 23.1 Å². The molecule has 2 aromatic rings. The summed E-state index contributed by atoms with van der Waals surface area (Å²) >= 11 is 0. The van der Waals surface area contributed by atoms with E-state index in [1.165, 1.54) is 4.90 Å². The van der Waals surface area contributed by atoms with E-state index >= 15 is 0 Å². The number of carbonyl (C=O) groups is 2. The van der Waals surface area contributed by atoms with E-state index in [0.717, 1.165) is 43.6 Å². The van der Waals surface area contributed by atoms with Gasteiger partial charge in [0.25, 0.3) is 0 Å². The standard InChI is InChI=1S/C17H21N3O3/c1-2-19-7-9-20(10-8-19)15(21)11-13-12-5-3-4-6-14(12)18-16(13)17(22)23/h3-6,18H,2,7-11H2,1H3,(H,22,23). The van der Waals surface area contributed by atoms with Crippen LogP contribution < -0.4 is 10.0 Å². The van der Waals surface area contributed by atoms with Crippen molar-refractivity contribution < 1.29 is 19.6 Å². The largest absolute Gasteiger partial charge is 0.543 e. The Kier molecular flexibility index (Phi) is 4.34. The quantitative estimate of drug-likeness (QED) is 0.745. The lowest BCUT2D eigenvalue weighted by Crippen LogP contribution is -3.14. The Labute approximate surface area is 134 Å². The first-order valence-corrected chi connectivity index (χ1v) is 8.02. The molecular weight excluding hydrogens is 294 g/mol. The highest BCUT2D eigenvalue weighted by atomic mass is 16.4. The van der Waals surface area contributed by atoms with Gasteiger partial charge in [0.1, 0.15) is 0 Å². The molecule has 6 heteroatoms. The molecule has 122 valence electrons. The number of fused-ring (bicyclic) bond motifs is 1. The molecule has 0 aliphatic carbocycles. The summed E-state index contributed by atoms with van der Waals surface area (Å²) in [5.41, 5.74) is 1.25. The van der Waals surface area contributed by atoms with Crippen molar-refractivity contribution in [1.29, 1.82) is 0 Å². The Hall–Kier alpha value is -2.34. The fourth-order valence-corrected chi connectivity index (χ4v) is 3.25. The molecule has 1 amide bonds. The highest BCUT2D eigenvalue weighted by molar-refractivity contribution is 5.99. The third-order valence-electron chi connectivity index (χ3n) is 4.67. The number of hydrogen-bond acceptors (Lipinski definition) is 3. The summed E-state index contributed by atoms with van der Waals surface area (Å²) in [5.74, 6) is -1.29. The number of aromatic carboxylic acids is 1. The molecule has 6 nitrogen and oxygen atoms in total. The second kappa shape index (κ2) is 6.42. The number of benzene rings is 1. The SMILES string of the molecule is CC[NH+]1CCN(C(=O)Cc2c(C(=O)[O-])[nH]c3ccccc23)CC1. The molecule has 1 saturated heterocycles. The number of hydrogen-bond donors (Lipinski definition) is 2. The van der Waals surface area contributed by atoms with Crippen molar-refractivity contribution in [2.75, 3.05) is 32.7 Å². The van der Waals surface area contributed by atoms with E-state index in [0.29, 0.717) is 5.56 Å². The predicted molar refractivity (Wildman–Crippen MR) is 84.2 cm³/mol. The third-order valence-corrected chi connectivity index (χ3v) is 4.67. The Bertz CT molecular complexity index is 730. The molecule has 1 aliphatic heterocycles. The van der Waals surface area contributed by atoms with E-state index in [-0.39, 0.29) is 18.0 Å². The number of nitrogens with one attached hydrogen (secondary N) is 2. The van der Waals surface area contributed by atoms with Gasteiger partial charge in [-0.3, -0.25) is 4.79 Å². The smallest absolute Gasteiger partial charge is 0.227 e. The minimum absolute atomic E-state index is 0.0115. The van der Waals surface area contributed by atoms with Gasteiger partial charge in [-0.2, -0.15) is 0 Å². The number of carboxylic acid groups (broad SMARTS) is 1. The van der Waals surface area contributed by atoms with Crippen LogP contribution in [0.5, 0.6) is 0 Å². The number of aromatic nitrogens is 1. The number of quaternary nitrogens is 1. The molecule has 0 saturated carbocycles. The highest BCUT2D eigenvalue weighted by Gasteiger charge is 2.24. The third kappa shape index (κ3) is 3.07. The number of carboxylic acids is 1. The van der Waals surface area contributed by atoms with Crippen LogP contribution in [0.25, 0.3) is 10.9 Å². The maximum Gasteiger partial charge on any atom is 0.227 e. The minimum Gasteiger partial charge on any atom is -0.543 e. The van der Waals surface area contributed by atoms with Gasteiger partial charge in [-0.05, 0) is 18.6 Å². The highest BCUT2D eigenvalue weighted by Crippen LogP contribution is 2.23. The lowest BCUT2D eigenvalue weighted by molar-refractivity contribution is -0.902. The summed E-state index contributed by atoms with van der Waals surface area (Å²) in [6, 6.07) is 7.31. The maximum atomic E-state index is 12.6. The average Bonchev–Trinajstić information content (AvgIpc) is 2.94. The molecule has 2 heterocycles. The Morgan fingerprint density at radius 3 is 2.61 bits per heavy atom. The summed E-state index contributed by atoms with van der Waals surface area (Å²) in [7, 11) is 0. The number of rotatable bonds is 4. The van der Waals surface area contributed by atoms with Crippen molar-refractivity contribution in [3.8, 4) is 0 Å². The zero-order valence-corrected chi connectivity index (χ0v) is 13.2. The first kappa shape index (κ1) is 15.6. The van der Waals surface area contributed by atoms with E-state index in [9.17, 15) is 14.7 Å². The maximum absolute atomic E-state index is 12.6. The van der Waals surface area contributed by atoms with Crippen LogP contribution >= 0.6 is 0 Å². The first-order valence-electron chi connectivity index (χ1n) is 8.02. The van der Waals surface area contributed by atoms with Crippen LogP contribution in [-0.4, -0.2) is 54.5 Å². The van der Waals surface area contributed by atoms with Gasteiger partial charge in [0, 0.05) is 10.9 Å². The van der Waals surface area contributed by atoms with Gasteiger partial charge in [-0.1, -0.05) is 18.2 Å². The normalized spacial score (nSPS) is 16.0.